The Labute approximate surface area is 596 Å². The topological polar surface area (TPSA) is 52.2 Å². The molecule has 0 saturated heterocycles. The molecule has 9 rings (SSSR count). The molecule has 5 aromatic carbocycles. The van der Waals surface area contributed by atoms with Crippen LogP contribution in [-0.4, -0.2) is 60.5 Å². The number of para-hydroxylation sites is 1. The summed E-state index contributed by atoms with van der Waals surface area (Å²) in [6.07, 6.45) is -15.7. The molecule has 4 aliphatic carbocycles. The molecule has 0 spiro atoms. The van der Waals surface area contributed by atoms with E-state index in [0.717, 1.165) is 0 Å². The Morgan fingerprint density at radius 3 is 0.748 bits per heavy atom. The SMILES string of the molecule is C1CCC([PH+](CCNCC[PH+](C2CCCCC2)C2CCCCC2)C2CCCCC2)CC1.CCCCC.FC(F)(F)c1cc([B-](c2cc(C(F)(F)F)cc(C(F)(F)F)c2)(c2cc(C(F)(F)F)cc(C(F)(F)F)c2)c2cc(C(F)(F)F)cc(C(F)(F)F)c2)cc(C(F)(F)F)c1.O=Cc1ccccc1[O-].[Co+2]. The minimum absolute atomic E-state index is 0. The summed E-state index contributed by atoms with van der Waals surface area (Å²) in [6, 6.07) is -2.69. The van der Waals surface area contributed by atoms with Gasteiger partial charge in [0.1, 0.15) is 12.4 Å². The van der Waals surface area contributed by atoms with Crippen LogP contribution in [0.15, 0.2) is 97.1 Å². The van der Waals surface area contributed by atoms with Gasteiger partial charge in [-0.05, 0) is 127 Å². The van der Waals surface area contributed by atoms with Crippen molar-refractivity contribution in [2.24, 2.45) is 0 Å². The van der Waals surface area contributed by atoms with Crippen molar-refractivity contribution in [3.63, 3.8) is 0 Å². The van der Waals surface area contributed by atoms with Crippen LogP contribution in [0.5, 0.6) is 5.75 Å². The molecule has 0 bridgehead atoms. The number of hydrogen-bond donors (Lipinski definition) is 1. The van der Waals surface area contributed by atoms with Crippen LogP contribution in [0, 0.1) is 0 Å². The Balaban J connectivity index is 0.000000341. The van der Waals surface area contributed by atoms with Crippen molar-refractivity contribution >= 4 is 50.1 Å². The van der Waals surface area contributed by atoms with Crippen LogP contribution in [0.2, 0.25) is 0 Å². The number of hydrogen-bond acceptors (Lipinski definition) is 3. The molecule has 0 aromatic heterocycles. The van der Waals surface area contributed by atoms with Gasteiger partial charge in [0, 0.05) is 34.5 Å². The van der Waals surface area contributed by atoms with Crippen molar-refractivity contribution in [1.29, 1.82) is 0 Å². The van der Waals surface area contributed by atoms with Gasteiger partial charge in [0.05, 0.1) is 79.5 Å². The minimum atomic E-state index is -6.13. The van der Waals surface area contributed by atoms with E-state index in [9.17, 15) is 115 Å². The van der Waals surface area contributed by atoms with Gasteiger partial charge in [0.25, 0.3) is 0 Å². The number of benzene rings is 5. The molecule has 1 N–H and O–H groups in total. The van der Waals surface area contributed by atoms with Crippen molar-refractivity contribution in [1.82, 2.24) is 5.32 Å². The van der Waals surface area contributed by atoms with Gasteiger partial charge in [-0.2, -0.15) is 127 Å². The van der Waals surface area contributed by atoms with Crippen LogP contribution < -0.4 is 32.3 Å². The summed E-state index contributed by atoms with van der Waals surface area (Å²) in [5.74, 6) is -0.215. The summed E-state index contributed by atoms with van der Waals surface area (Å²) in [5, 5.41) is 14.7. The number of alkyl halides is 24. The number of carbonyl (C=O) groups excluding carboxylic acids is 1. The third kappa shape index (κ3) is 25.5. The van der Waals surface area contributed by atoms with Crippen molar-refractivity contribution in [2.75, 3.05) is 25.4 Å². The van der Waals surface area contributed by atoms with E-state index in [0.29, 0.717) is 6.29 Å². The van der Waals surface area contributed by atoms with Crippen LogP contribution in [-0.2, 0) is 66.2 Å². The first kappa shape index (κ1) is 88.9. The zero-order valence-electron chi connectivity index (χ0n) is 56.5. The first-order valence-corrected chi connectivity index (χ1v) is 38.1. The van der Waals surface area contributed by atoms with Crippen LogP contribution in [0.3, 0.4) is 0 Å². The summed E-state index contributed by atoms with van der Waals surface area (Å²) in [5.41, 5.74) is -25.3. The molecule has 0 heterocycles. The monoisotopic (exact) mass is 1580 g/mol. The van der Waals surface area contributed by atoms with E-state index >= 15 is 0 Å². The Morgan fingerprint density at radius 2 is 0.583 bits per heavy atom. The molecule has 0 aliphatic heterocycles. The van der Waals surface area contributed by atoms with Crippen molar-refractivity contribution in [3.05, 3.63) is 147 Å². The fraction of sp³-hybridized carbons (Fsp3) is 0.569. The number of unbranched alkanes of at least 4 members (excludes halogenated alkanes) is 2. The summed E-state index contributed by atoms with van der Waals surface area (Å²) in [6.45, 7) is 7.16. The first-order chi connectivity index (χ1) is 47.4. The minimum Gasteiger partial charge on any atom is -0.872 e. The summed E-state index contributed by atoms with van der Waals surface area (Å²) in [7, 11) is -0.281. The number of carbonyl (C=O) groups is 1. The molecule has 103 heavy (non-hydrogen) atoms. The first-order valence-electron chi connectivity index (χ1n) is 34.4. The second-order valence-electron chi connectivity index (χ2n) is 27.0. The van der Waals surface area contributed by atoms with Crippen molar-refractivity contribution < 1.29 is 132 Å². The molecule has 1 radical (unpaired) electrons. The Morgan fingerprint density at radius 1 is 0.369 bits per heavy atom. The van der Waals surface area contributed by atoms with Crippen LogP contribution >= 0.6 is 15.8 Å². The smallest absolute Gasteiger partial charge is 0.872 e. The average molecular weight is 1580 g/mol. The molecule has 4 fully saturated rings. The normalized spacial score (nSPS) is 17.0. The predicted molar refractivity (Wildman–Crippen MR) is 353 cm³/mol. The number of rotatable bonds is 17. The third-order valence-electron chi connectivity index (χ3n) is 19.9. The van der Waals surface area contributed by atoms with E-state index in [2.05, 4.69) is 19.2 Å². The molecule has 0 unspecified atom stereocenters. The second-order valence-corrected chi connectivity index (χ2v) is 33.5. The van der Waals surface area contributed by atoms with Gasteiger partial charge in [-0.1, -0.05) is 137 Å². The largest absolute Gasteiger partial charge is 2.00 e. The maximum absolute atomic E-state index is 14.2. The Bertz CT molecular complexity index is 2920. The third-order valence-corrected chi connectivity index (χ3v) is 28.1. The Kier molecular flexibility index (Phi) is 32.7. The molecule has 0 amide bonds. The molecule has 577 valence electrons. The Hall–Kier alpha value is -4.72. The second kappa shape index (κ2) is 37.9. The number of aldehydes is 1. The summed E-state index contributed by atoms with van der Waals surface area (Å²) < 4.78 is 341. The maximum atomic E-state index is 14.2. The molecule has 3 nitrogen and oxygen atoms in total. The summed E-state index contributed by atoms with van der Waals surface area (Å²) >= 11 is 0. The molecule has 4 saturated carbocycles. The van der Waals surface area contributed by atoms with E-state index in [4.69, 9.17) is 0 Å². The fourth-order valence-corrected chi connectivity index (χ4v) is 23.5. The molecule has 31 heteroatoms. The van der Waals surface area contributed by atoms with Crippen LogP contribution in [0.1, 0.15) is 216 Å². The van der Waals surface area contributed by atoms with E-state index in [1.165, 1.54) is 92.8 Å². The van der Waals surface area contributed by atoms with Gasteiger partial charge < -0.3 is 10.4 Å². The van der Waals surface area contributed by atoms with Gasteiger partial charge in [0.2, 0.25) is 0 Å². The zero-order chi connectivity index (χ0) is 75.9. The predicted octanol–water partition coefficient (Wildman–Crippen LogP) is 22.3. The van der Waals surface area contributed by atoms with E-state index in [-0.39, 0.29) is 43.9 Å². The molecule has 5 aromatic rings. The fourth-order valence-electron chi connectivity index (χ4n) is 15.0. The molecular formula is C72H84BCoF24NO2P2+2. The van der Waals surface area contributed by atoms with Crippen LogP contribution in [0.25, 0.3) is 0 Å². The van der Waals surface area contributed by atoms with Gasteiger partial charge in [-0.3, -0.25) is 4.79 Å². The molecule has 0 atom stereocenters. The van der Waals surface area contributed by atoms with Gasteiger partial charge in [-0.25, -0.2) is 0 Å². The molecular weight excluding hydrogens is 1500 g/mol. The zero-order valence-corrected chi connectivity index (χ0v) is 59.6. The molecule has 4 aliphatic rings. The number of nitrogens with one attached hydrogen (secondary N) is 1. The van der Waals surface area contributed by atoms with E-state index in [1.807, 2.05) is 0 Å². The van der Waals surface area contributed by atoms with Crippen molar-refractivity contribution in [3.8, 4) is 5.75 Å². The quantitative estimate of drug-likeness (QED) is 0.0332. The maximum Gasteiger partial charge on any atom is 2.00 e. The summed E-state index contributed by atoms with van der Waals surface area (Å²) in [4.78, 5) is 10.0. The standard InChI is InChI=1S/C32H12BF24.C28H53NP2.C7H6O2.C5H12.Co/c34-25(35,36)13-1-14(26(37,38)39)6-21(5-13)33(22-7-15(27(40,41)42)2-16(8-22)28(43,44)45,23-9-17(29(46,47)48)3-18(10-23)30(49,50)51)24-11-19(31(52,53)54)4-20(12-24)32(55,56)57;1-5-13-25(14-6-1)30(26-15-7-2-8-16-26)23-21-29-22-24-31(27-17-9-3-10-18-27)28-19-11-4-12-20-28;8-5-6-3-1-2-4-7(6)9;1-3-5-4-2;/h1-12H;25-29H,1-24H2;1-5,9H;3-5H2,1-2H3;/q-1;;;;+2/p+1. The number of halogens is 24. The van der Waals surface area contributed by atoms with Gasteiger partial charge in [-0.15, -0.1) is 0 Å². The van der Waals surface area contributed by atoms with Gasteiger partial charge >= 0.3 is 66.2 Å². The van der Waals surface area contributed by atoms with E-state index < -0.39 is 195 Å². The average Bonchev–Trinajstić information content (AvgIpc) is 0.708. The van der Waals surface area contributed by atoms with Crippen LogP contribution in [0.4, 0.5) is 105 Å². The van der Waals surface area contributed by atoms with E-state index in [1.54, 1.807) is 127 Å². The van der Waals surface area contributed by atoms with Gasteiger partial charge in [0.15, 0.2) is 0 Å². The van der Waals surface area contributed by atoms with Crippen molar-refractivity contribution in [2.45, 2.75) is 234 Å².